The van der Waals surface area contributed by atoms with Gasteiger partial charge in [-0.3, -0.25) is 9.63 Å². The first-order valence-corrected chi connectivity index (χ1v) is 5.63. The third-order valence-electron chi connectivity index (χ3n) is 2.84. The molecular weight excluding hydrogens is 196 g/mol. The van der Waals surface area contributed by atoms with E-state index in [-0.39, 0.29) is 12.0 Å². The zero-order valence-electron chi connectivity index (χ0n) is 8.83. The van der Waals surface area contributed by atoms with E-state index in [1.54, 1.807) is 0 Å². The topological polar surface area (TPSA) is 59.6 Å². The molecule has 2 aliphatic rings. The van der Waals surface area contributed by atoms with E-state index >= 15 is 0 Å². The molecule has 0 radical (unpaired) electrons. The molecule has 2 heterocycles. The molecule has 5 heteroatoms. The van der Waals surface area contributed by atoms with Crippen molar-refractivity contribution in [3.05, 3.63) is 0 Å². The van der Waals surface area contributed by atoms with E-state index in [9.17, 15) is 4.79 Å². The Kier molecular flexibility index (Phi) is 3.94. The standard InChI is InChI=1S/C10H18N2O3/c13-10(9-4-2-6-14-9)12-15-7-8-3-1-5-11-8/h8-9,11H,1-7H2,(H,12,13). The van der Waals surface area contributed by atoms with Crippen LogP contribution >= 0.6 is 0 Å². The summed E-state index contributed by atoms with van der Waals surface area (Å²) in [6, 6.07) is 0.384. The van der Waals surface area contributed by atoms with Crippen LogP contribution in [0.3, 0.4) is 0 Å². The van der Waals surface area contributed by atoms with Crippen LogP contribution in [0.4, 0.5) is 0 Å². The monoisotopic (exact) mass is 214 g/mol. The SMILES string of the molecule is O=C(NOCC1CCCN1)C1CCCO1. The second-order valence-corrected chi connectivity index (χ2v) is 4.07. The number of hydrogen-bond acceptors (Lipinski definition) is 4. The molecule has 2 saturated heterocycles. The summed E-state index contributed by atoms with van der Waals surface area (Å²) in [6.45, 7) is 2.27. The molecule has 0 aromatic heterocycles. The van der Waals surface area contributed by atoms with Crippen molar-refractivity contribution in [3.63, 3.8) is 0 Å². The Labute approximate surface area is 89.5 Å². The molecule has 0 saturated carbocycles. The Hall–Kier alpha value is -0.650. The number of carbonyl (C=O) groups is 1. The van der Waals surface area contributed by atoms with Crippen LogP contribution in [-0.4, -0.2) is 37.8 Å². The highest BCUT2D eigenvalue weighted by Gasteiger charge is 2.24. The molecule has 5 nitrogen and oxygen atoms in total. The van der Waals surface area contributed by atoms with Gasteiger partial charge in [0, 0.05) is 12.6 Å². The molecule has 0 aromatic carbocycles. The maximum absolute atomic E-state index is 11.4. The number of ether oxygens (including phenoxy) is 1. The fourth-order valence-electron chi connectivity index (χ4n) is 1.96. The van der Waals surface area contributed by atoms with Gasteiger partial charge in [-0.1, -0.05) is 0 Å². The highest BCUT2D eigenvalue weighted by molar-refractivity contribution is 5.79. The molecule has 2 N–H and O–H groups in total. The zero-order chi connectivity index (χ0) is 10.5. The summed E-state index contributed by atoms with van der Waals surface area (Å²) in [5.74, 6) is -0.148. The Morgan fingerprint density at radius 1 is 1.47 bits per heavy atom. The number of amides is 1. The van der Waals surface area contributed by atoms with Gasteiger partial charge < -0.3 is 10.1 Å². The summed E-state index contributed by atoms with van der Waals surface area (Å²) in [7, 11) is 0. The molecule has 2 atom stereocenters. The van der Waals surface area contributed by atoms with E-state index in [4.69, 9.17) is 9.57 Å². The third-order valence-corrected chi connectivity index (χ3v) is 2.84. The Balaban J connectivity index is 1.58. The van der Waals surface area contributed by atoms with E-state index in [0.717, 1.165) is 25.8 Å². The number of rotatable bonds is 4. The molecule has 1 amide bonds. The highest BCUT2D eigenvalue weighted by atomic mass is 16.7. The van der Waals surface area contributed by atoms with E-state index in [2.05, 4.69) is 10.8 Å². The first-order chi connectivity index (χ1) is 7.36. The number of nitrogens with one attached hydrogen (secondary N) is 2. The van der Waals surface area contributed by atoms with Crippen LogP contribution < -0.4 is 10.8 Å². The minimum Gasteiger partial charge on any atom is -0.368 e. The molecule has 0 bridgehead atoms. The molecule has 0 aliphatic carbocycles. The lowest BCUT2D eigenvalue weighted by molar-refractivity contribution is -0.143. The Bertz CT molecular complexity index is 211. The molecule has 2 fully saturated rings. The second-order valence-electron chi connectivity index (χ2n) is 4.07. The fourth-order valence-corrected chi connectivity index (χ4v) is 1.96. The van der Waals surface area contributed by atoms with Crippen molar-refractivity contribution in [1.29, 1.82) is 0 Å². The lowest BCUT2D eigenvalue weighted by atomic mass is 10.2. The largest absolute Gasteiger partial charge is 0.368 e. The Morgan fingerprint density at radius 2 is 2.40 bits per heavy atom. The van der Waals surface area contributed by atoms with Crippen molar-refractivity contribution in [2.24, 2.45) is 0 Å². The number of carbonyl (C=O) groups excluding carboxylic acids is 1. The first kappa shape index (κ1) is 10.9. The smallest absolute Gasteiger partial charge is 0.272 e. The highest BCUT2D eigenvalue weighted by Crippen LogP contribution is 2.11. The quantitative estimate of drug-likeness (QED) is 0.645. The van der Waals surface area contributed by atoms with Crippen molar-refractivity contribution in [1.82, 2.24) is 10.8 Å². The summed E-state index contributed by atoms with van der Waals surface area (Å²) >= 11 is 0. The van der Waals surface area contributed by atoms with Crippen LogP contribution in [0.25, 0.3) is 0 Å². The molecule has 2 unspecified atom stereocenters. The van der Waals surface area contributed by atoms with Gasteiger partial charge in [-0.05, 0) is 32.2 Å². The summed E-state index contributed by atoms with van der Waals surface area (Å²) in [5, 5.41) is 3.29. The predicted octanol–water partition coefficient (Wildman–Crippen LogP) is -0.0348. The lowest BCUT2D eigenvalue weighted by Crippen LogP contribution is -2.37. The fraction of sp³-hybridized carbons (Fsp3) is 0.900. The second kappa shape index (κ2) is 5.44. The van der Waals surface area contributed by atoms with Gasteiger partial charge in [0.1, 0.15) is 6.10 Å². The Morgan fingerprint density at radius 3 is 3.07 bits per heavy atom. The minimum absolute atomic E-state index is 0.148. The maximum Gasteiger partial charge on any atom is 0.272 e. The molecule has 86 valence electrons. The first-order valence-electron chi connectivity index (χ1n) is 5.63. The van der Waals surface area contributed by atoms with Crippen molar-refractivity contribution in [3.8, 4) is 0 Å². The molecule has 0 aromatic rings. The van der Waals surface area contributed by atoms with Crippen molar-refractivity contribution < 1.29 is 14.4 Å². The van der Waals surface area contributed by atoms with Crippen LogP contribution in [0.5, 0.6) is 0 Å². The van der Waals surface area contributed by atoms with E-state index in [1.807, 2.05) is 0 Å². The maximum atomic E-state index is 11.4. The van der Waals surface area contributed by atoms with Gasteiger partial charge in [0.2, 0.25) is 0 Å². The molecule has 0 spiro atoms. The van der Waals surface area contributed by atoms with Crippen LogP contribution in [0.2, 0.25) is 0 Å². The predicted molar refractivity (Wildman–Crippen MR) is 54.1 cm³/mol. The van der Waals surface area contributed by atoms with Crippen molar-refractivity contribution in [2.45, 2.75) is 37.8 Å². The van der Waals surface area contributed by atoms with Gasteiger partial charge in [0.15, 0.2) is 0 Å². The lowest BCUT2D eigenvalue weighted by Gasteiger charge is -2.13. The minimum atomic E-state index is -0.304. The van der Waals surface area contributed by atoms with Crippen LogP contribution in [0.1, 0.15) is 25.7 Å². The van der Waals surface area contributed by atoms with E-state index in [1.165, 1.54) is 6.42 Å². The van der Waals surface area contributed by atoms with Crippen molar-refractivity contribution in [2.75, 3.05) is 19.8 Å². The summed E-state index contributed by atoms with van der Waals surface area (Å²) in [4.78, 5) is 16.6. The van der Waals surface area contributed by atoms with Crippen LogP contribution in [0.15, 0.2) is 0 Å². The van der Waals surface area contributed by atoms with Gasteiger partial charge in [0.25, 0.3) is 5.91 Å². The molecule has 15 heavy (non-hydrogen) atoms. The van der Waals surface area contributed by atoms with Gasteiger partial charge >= 0.3 is 0 Å². The number of hydrogen-bond donors (Lipinski definition) is 2. The van der Waals surface area contributed by atoms with Gasteiger partial charge in [0.05, 0.1) is 6.61 Å². The van der Waals surface area contributed by atoms with Crippen LogP contribution in [-0.2, 0) is 14.4 Å². The molecule has 2 aliphatic heterocycles. The number of hydroxylamine groups is 1. The average molecular weight is 214 g/mol. The normalized spacial score (nSPS) is 30.7. The van der Waals surface area contributed by atoms with Gasteiger partial charge in [-0.2, -0.15) is 0 Å². The van der Waals surface area contributed by atoms with E-state index in [0.29, 0.717) is 19.3 Å². The van der Waals surface area contributed by atoms with Crippen LogP contribution in [0, 0.1) is 0 Å². The average Bonchev–Trinajstić information content (AvgIpc) is 2.90. The summed E-state index contributed by atoms with van der Waals surface area (Å²) in [5.41, 5.74) is 2.45. The molecular formula is C10H18N2O3. The summed E-state index contributed by atoms with van der Waals surface area (Å²) < 4.78 is 5.23. The van der Waals surface area contributed by atoms with Gasteiger partial charge in [-0.15, -0.1) is 0 Å². The van der Waals surface area contributed by atoms with Gasteiger partial charge in [-0.25, -0.2) is 5.48 Å². The summed E-state index contributed by atoms with van der Waals surface area (Å²) in [6.07, 6.45) is 3.77. The third kappa shape index (κ3) is 3.15. The zero-order valence-corrected chi connectivity index (χ0v) is 8.83. The van der Waals surface area contributed by atoms with Crippen molar-refractivity contribution >= 4 is 5.91 Å². The van der Waals surface area contributed by atoms with E-state index < -0.39 is 0 Å². The molecule has 2 rings (SSSR count).